The Hall–Kier alpha value is -0.970. The molecule has 2 aromatic rings. The van der Waals surface area contributed by atoms with Gasteiger partial charge in [-0.25, -0.2) is 8.78 Å². The van der Waals surface area contributed by atoms with E-state index in [4.69, 9.17) is 17.3 Å². The monoisotopic (exact) mass is 287 g/mol. The van der Waals surface area contributed by atoms with Gasteiger partial charge in [0.1, 0.15) is 11.6 Å². The van der Waals surface area contributed by atoms with Crippen LogP contribution in [0.25, 0.3) is 0 Å². The molecule has 18 heavy (non-hydrogen) atoms. The van der Waals surface area contributed by atoms with E-state index in [-0.39, 0.29) is 5.56 Å². The summed E-state index contributed by atoms with van der Waals surface area (Å²) in [5, 5.41) is 0. The molecule has 1 atom stereocenters. The summed E-state index contributed by atoms with van der Waals surface area (Å²) < 4.78 is 28.3. The number of hydrogen-bond acceptors (Lipinski definition) is 2. The van der Waals surface area contributed by atoms with Crippen molar-refractivity contribution in [2.24, 2.45) is 5.73 Å². The van der Waals surface area contributed by atoms with Crippen molar-refractivity contribution in [3.63, 3.8) is 0 Å². The third kappa shape index (κ3) is 2.28. The van der Waals surface area contributed by atoms with Gasteiger partial charge in [-0.15, -0.1) is 11.3 Å². The Morgan fingerprint density at radius 2 is 1.89 bits per heavy atom. The SMILES string of the molecule is Cc1cc(C(N)c2c(F)ccc(C)c2F)sc1Cl. The largest absolute Gasteiger partial charge is 0.319 e. The first-order chi connectivity index (χ1) is 8.41. The second-order valence-electron chi connectivity index (χ2n) is 4.18. The lowest BCUT2D eigenvalue weighted by Gasteiger charge is -2.13. The van der Waals surface area contributed by atoms with Gasteiger partial charge in [0.25, 0.3) is 0 Å². The fourth-order valence-corrected chi connectivity index (χ4v) is 2.97. The second-order valence-corrected chi connectivity index (χ2v) is 5.86. The predicted molar refractivity (Wildman–Crippen MR) is 71.2 cm³/mol. The summed E-state index contributed by atoms with van der Waals surface area (Å²) in [7, 11) is 0. The Bertz CT molecular complexity index is 575. The van der Waals surface area contributed by atoms with Gasteiger partial charge in [0, 0.05) is 10.4 Å². The van der Waals surface area contributed by atoms with E-state index < -0.39 is 17.7 Å². The summed E-state index contributed by atoms with van der Waals surface area (Å²) in [5.41, 5.74) is 7.07. The summed E-state index contributed by atoms with van der Waals surface area (Å²) >= 11 is 7.19. The zero-order chi connectivity index (χ0) is 13.4. The Kier molecular flexibility index (Phi) is 3.71. The van der Waals surface area contributed by atoms with Crippen LogP contribution in [0, 0.1) is 25.5 Å². The van der Waals surface area contributed by atoms with Gasteiger partial charge in [-0.05, 0) is 37.1 Å². The van der Waals surface area contributed by atoms with E-state index in [1.165, 1.54) is 23.5 Å². The maximum atomic E-state index is 14.0. The lowest BCUT2D eigenvalue weighted by molar-refractivity contribution is 0.539. The molecule has 0 bridgehead atoms. The molecule has 0 fully saturated rings. The molecular weight excluding hydrogens is 276 g/mol. The standard InChI is InChI=1S/C13H12ClF2NS/c1-6-3-4-8(15)10(11(6)16)12(17)9-5-7(2)13(14)18-9/h3-5,12H,17H2,1-2H3. The van der Waals surface area contributed by atoms with Crippen LogP contribution in [0.2, 0.25) is 4.34 Å². The molecule has 0 saturated heterocycles. The Balaban J connectivity index is 2.52. The Morgan fingerprint density at radius 3 is 2.44 bits per heavy atom. The van der Waals surface area contributed by atoms with Crippen LogP contribution < -0.4 is 5.73 Å². The zero-order valence-corrected chi connectivity index (χ0v) is 11.5. The van der Waals surface area contributed by atoms with Crippen molar-refractivity contribution in [1.29, 1.82) is 0 Å². The molecular formula is C13H12ClF2NS. The van der Waals surface area contributed by atoms with Crippen LogP contribution in [0.4, 0.5) is 8.78 Å². The molecule has 1 unspecified atom stereocenters. The summed E-state index contributed by atoms with van der Waals surface area (Å²) in [4.78, 5) is 0.654. The number of benzene rings is 1. The molecule has 0 aliphatic rings. The van der Waals surface area contributed by atoms with Crippen molar-refractivity contribution >= 4 is 22.9 Å². The minimum Gasteiger partial charge on any atom is -0.319 e. The van der Waals surface area contributed by atoms with Crippen LogP contribution in [-0.4, -0.2) is 0 Å². The highest BCUT2D eigenvalue weighted by atomic mass is 35.5. The zero-order valence-electron chi connectivity index (χ0n) is 9.93. The van der Waals surface area contributed by atoms with Crippen LogP contribution in [0.15, 0.2) is 18.2 Å². The van der Waals surface area contributed by atoms with Gasteiger partial charge >= 0.3 is 0 Å². The van der Waals surface area contributed by atoms with Gasteiger partial charge in [0.05, 0.1) is 10.4 Å². The van der Waals surface area contributed by atoms with E-state index in [2.05, 4.69) is 0 Å². The van der Waals surface area contributed by atoms with Crippen molar-refractivity contribution in [3.05, 3.63) is 55.7 Å². The maximum absolute atomic E-state index is 14.0. The summed E-state index contributed by atoms with van der Waals surface area (Å²) in [6, 6.07) is 3.56. The van der Waals surface area contributed by atoms with Gasteiger partial charge in [-0.1, -0.05) is 17.7 Å². The molecule has 1 heterocycles. The van der Waals surface area contributed by atoms with Crippen LogP contribution in [0.5, 0.6) is 0 Å². The first-order valence-corrected chi connectivity index (χ1v) is 6.57. The van der Waals surface area contributed by atoms with Crippen LogP contribution in [0.1, 0.15) is 27.6 Å². The summed E-state index contributed by atoms with van der Waals surface area (Å²) in [6.45, 7) is 3.41. The number of halogens is 3. The smallest absolute Gasteiger partial charge is 0.134 e. The molecule has 1 nitrogen and oxygen atoms in total. The van der Waals surface area contributed by atoms with Crippen molar-refractivity contribution < 1.29 is 8.78 Å². The number of nitrogens with two attached hydrogens (primary N) is 1. The number of thiophene rings is 1. The molecule has 1 aromatic heterocycles. The normalized spacial score (nSPS) is 12.8. The molecule has 0 aliphatic heterocycles. The quantitative estimate of drug-likeness (QED) is 0.873. The first kappa shape index (κ1) is 13.5. The minimum absolute atomic E-state index is 0.104. The highest BCUT2D eigenvalue weighted by Gasteiger charge is 2.21. The van der Waals surface area contributed by atoms with Crippen molar-refractivity contribution in [2.45, 2.75) is 19.9 Å². The molecule has 0 aliphatic carbocycles. The van der Waals surface area contributed by atoms with Gasteiger partial charge in [-0.2, -0.15) is 0 Å². The highest BCUT2D eigenvalue weighted by molar-refractivity contribution is 7.16. The van der Waals surface area contributed by atoms with E-state index >= 15 is 0 Å². The third-order valence-corrected chi connectivity index (χ3v) is 4.45. The van der Waals surface area contributed by atoms with E-state index in [0.29, 0.717) is 14.8 Å². The maximum Gasteiger partial charge on any atom is 0.134 e. The molecule has 2 rings (SSSR count). The molecule has 1 aromatic carbocycles. The second kappa shape index (κ2) is 4.96. The lowest BCUT2D eigenvalue weighted by Crippen LogP contribution is -2.15. The van der Waals surface area contributed by atoms with Crippen LogP contribution in [0.3, 0.4) is 0 Å². The van der Waals surface area contributed by atoms with Crippen molar-refractivity contribution in [1.82, 2.24) is 0 Å². The fourth-order valence-electron chi connectivity index (χ4n) is 1.74. The van der Waals surface area contributed by atoms with Gasteiger partial charge in [0.15, 0.2) is 0 Å². The molecule has 5 heteroatoms. The van der Waals surface area contributed by atoms with E-state index in [1.807, 2.05) is 6.92 Å². The molecule has 2 N–H and O–H groups in total. The Labute approximate surface area is 113 Å². The van der Waals surface area contributed by atoms with Gasteiger partial charge < -0.3 is 5.73 Å². The molecule has 0 amide bonds. The summed E-state index contributed by atoms with van der Waals surface area (Å²) in [5.74, 6) is -1.22. The molecule has 0 radical (unpaired) electrons. The summed E-state index contributed by atoms with van der Waals surface area (Å²) in [6.07, 6.45) is 0. The average Bonchev–Trinajstić information content (AvgIpc) is 2.65. The topological polar surface area (TPSA) is 26.0 Å². The van der Waals surface area contributed by atoms with E-state index in [1.54, 1.807) is 13.0 Å². The molecule has 96 valence electrons. The van der Waals surface area contributed by atoms with Gasteiger partial charge in [-0.3, -0.25) is 0 Å². The minimum atomic E-state index is -0.832. The predicted octanol–water partition coefficient (Wildman–Crippen LogP) is 4.34. The number of hydrogen-bond donors (Lipinski definition) is 1. The van der Waals surface area contributed by atoms with E-state index in [9.17, 15) is 8.78 Å². The average molecular weight is 288 g/mol. The third-order valence-electron chi connectivity index (χ3n) is 2.81. The first-order valence-electron chi connectivity index (χ1n) is 5.37. The number of aryl methyl sites for hydroxylation is 2. The van der Waals surface area contributed by atoms with Crippen LogP contribution in [-0.2, 0) is 0 Å². The molecule has 0 saturated carbocycles. The lowest BCUT2D eigenvalue weighted by atomic mass is 10.0. The van der Waals surface area contributed by atoms with Crippen LogP contribution >= 0.6 is 22.9 Å². The Morgan fingerprint density at radius 1 is 1.22 bits per heavy atom. The highest BCUT2D eigenvalue weighted by Crippen LogP contribution is 2.35. The number of rotatable bonds is 2. The fraction of sp³-hybridized carbons (Fsp3) is 0.231. The van der Waals surface area contributed by atoms with E-state index in [0.717, 1.165) is 5.56 Å². The van der Waals surface area contributed by atoms with Crippen molar-refractivity contribution in [2.75, 3.05) is 0 Å². The van der Waals surface area contributed by atoms with Gasteiger partial charge in [0.2, 0.25) is 0 Å². The van der Waals surface area contributed by atoms with Crippen molar-refractivity contribution in [3.8, 4) is 0 Å². The molecule has 0 spiro atoms.